The van der Waals surface area contributed by atoms with E-state index in [-0.39, 0.29) is 23.0 Å². The molecule has 0 aliphatic rings. The van der Waals surface area contributed by atoms with Gasteiger partial charge in [0, 0.05) is 17.1 Å². The Hall–Kier alpha value is -1.98. The van der Waals surface area contributed by atoms with Gasteiger partial charge in [-0.05, 0) is 24.3 Å². The third-order valence-electron chi connectivity index (χ3n) is 2.57. The van der Waals surface area contributed by atoms with E-state index < -0.39 is 5.97 Å². The molecule has 0 saturated carbocycles. The molecule has 7 heteroatoms. The SMILES string of the molecule is O=C(O)c1ccc(NCc2cc(Cl)cc(Cl)c2O)cn1. The van der Waals surface area contributed by atoms with Crippen molar-refractivity contribution in [2.45, 2.75) is 6.54 Å². The minimum Gasteiger partial charge on any atom is -0.506 e. The van der Waals surface area contributed by atoms with E-state index in [0.29, 0.717) is 16.3 Å². The van der Waals surface area contributed by atoms with Crippen LogP contribution in [0.25, 0.3) is 0 Å². The van der Waals surface area contributed by atoms with Crippen LogP contribution in [0.15, 0.2) is 30.5 Å². The summed E-state index contributed by atoms with van der Waals surface area (Å²) in [6, 6.07) is 6.01. The Labute approximate surface area is 124 Å². The molecule has 20 heavy (non-hydrogen) atoms. The van der Waals surface area contributed by atoms with E-state index in [9.17, 15) is 9.90 Å². The van der Waals surface area contributed by atoms with E-state index >= 15 is 0 Å². The van der Waals surface area contributed by atoms with E-state index in [1.165, 1.54) is 18.3 Å². The van der Waals surface area contributed by atoms with E-state index in [0.717, 1.165) is 0 Å². The zero-order chi connectivity index (χ0) is 14.7. The van der Waals surface area contributed by atoms with Crippen LogP contribution >= 0.6 is 23.2 Å². The maximum atomic E-state index is 10.7. The number of nitrogens with one attached hydrogen (secondary N) is 1. The molecule has 0 atom stereocenters. The number of phenols is 1. The van der Waals surface area contributed by atoms with Crippen molar-refractivity contribution in [3.63, 3.8) is 0 Å². The second kappa shape index (κ2) is 5.98. The summed E-state index contributed by atoms with van der Waals surface area (Å²) in [7, 11) is 0. The number of aromatic carboxylic acids is 1. The number of pyridine rings is 1. The van der Waals surface area contributed by atoms with Crippen LogP contribution in [0.4, 0.5) is 5.69 Å². The van der Waals surface area contributed by atoms with Gasteiger partial charge in [0.05, 0.1) is 16.9 Å². The Morgan fingerprint density at radius 1 is 1.30 bits per heavy atom. The molecule has 1 aromatic heterocycles. The smallest absolute Gasteiger partial charge is 0.354 e. The highest BCUT2D eigenvalue weighted by atomic mass is 35.5. The lowest BCUT2D eigenvalue weighted by Crippen LogP contribution is -2.03. The van der Waals surface area contributed by atoms with Gasteiger partial charge in [0.25, 0.3) is 0 Å². The van der Waals surface area contributed by atoms with Crippen LogP contribution in [-0.4, -0.2) is 21.2 Å². The molecule has 0 fully saturated rings. The van der Waals surface area contributed by atoms with E-state index in [2.05, 4.69) is 10.3 Å². The summed E-state index contributed by atoms with van der Waals surface area (Å²) >= 11 is 11.7. The highest BCUT2D eigenvalue weighted by Gasteiger charge is 2.08. The molecular formula is C13H10Cl2N2O3. The zero-order valence-corrected chi connectivity index (χ0v) is 11.6. The summed E-state index contributed by atoms with van der Waals surface area (Å²) in [5, 5.41) is 22.1. The summed E-state index contributed by atoms with van der Waals surface area (Å²) in [5.41, 5.74) is 1.11. The van der Waals surface area contributed by atoms with Crippen LogP contribution in [0, 0.1) is 0 Å². The lowest BCUT2D eigenvalue weighted by atomic mass is 10.2. The van der Waals surface area contributed by atoms with Crippen molar-refractivity contribution in [3.05, 3.63) is 51.8 Å². The highest BCUT2D eigenvalue weighted by molar-refractivity contribution is 6.35. The van der Waals surface area contributed by atoms with Crippen molar-refractivity contribution < 1.29 is 15.0 Å². The van der Waals surface area contributed by atoms with Gasteiger partial charge < -0.3 is 15.5 Å². The summed E-state index contributed by atoms with van der Waals surface area (Å²) < 4.78 is 0. The fourth-order valence-corrected chi connectivity index (χ4v) is 2.11. The van der Waals surface area contributed by atoms with E-state index in [4.69, 9.17) is 28.3 Å². The molecule has 0 saturated heterocycles. The van der Waals surface area contributed by atoms with Crippen molar-refractivity contribution in [1.29, 1.82) is 0 Å². The van der Waals surface area contributed by atoms with Crippen LogP contribution in [-0.2, 0) is 6.54 Å². The number of benzene rings is 1. The fraction of sp³-hybridized carbons (Fsp3) is 0.0769. The van der Waals surface area contributed by atoms with Gasteiger partial charge in [-0.2, -0.15) is 0 Å². The maximum absolute atomic E-state index is 10.7. The van der Waals surface area contributed by atoms with Crippen LogP contribution in [0.2, 0.25) is 10.0 Å². The van der Waals surface area contributed by atoms with Gasteiger partial charge in [-0.15, -0.1) is 0 Å². The van der Waals surface area contributed by atoms with Crippen molar-refractivity contribution in [2.75, 3.05) is 5.32 Å². The Bertz CT molecular complexity index is 645. The lowest BCUT2D eigenvalue weighted by molar-refractivity contribution is 0.0690. The number of aromatic hydroxyl groups is 1. The molecule has 1 heterocycles. The first-order valence-electron chi connectivity index (χ1n) is 5.57. The normalized spacial score (nSPS) is 10.3. The number of hydrogen-bond donors (Lipinski definition) is 3. The number of aromatic nitrogens is 1. The van der Waals surface area contributed by atoms with Gasteiger partial charge in [-0.25, -0.2) is 9.78 Å². The van der Waals surface area contributed by atoms with E-state index in [1.807, 2.05) is 0 Å². The first-order valence-corrected chi connectivity index (χ1v) is 6.33. The molecule has 104 valence electrons. The van der Waals surface area contributed by atoms with Crippen LogP contribution in [0.3, 0.4) is 0 Å². The molecule has 0 unspecified atom stereocenters. The van der Waals surface area contributed by atoms with Gasteiger partial charge in [0.1, 0.15) is 11.4 Å². The Morgan fingerprint density at radius 2 is 2.05 bits per heavy atom. The lowest BCUT2D eigenvalue weighted by Gasteiger charge is -2.09. The molecule has 0 aliphatic heterocycles. The molecule has 2 aromatic rings. The monoisotopic (exact) mass is 312 g/mol. The van der Waals surface area contributed by atoms with Crippen molar-refractivity contribution in [2.24, 2.45) is 0 Å². The highest BCUT2D eigenvalue weighted by Crippen LogP contribution is 2.31. The molecule has 0 spiro atoms. The predicted molar refractivity (Wildman–Crippen MR) is 76.6 cm³/mol. The summed E-state index contributed by atoms with van der Waals surface area (Å²) in [5.74, 6) is -1.13. The topological polar surface area (TPSA) is 82.5 Å². The second-order valence-electron chi connectivity index (χ2n) is 3.99. The molecule has 0 bridgehead atoms. The van der Waals surface area contributed by atoms with Gasteiger partial charge >= 0.3 is 5.97 Å². The Morgan fingerprint density at radius 3 is 2.65 bits per heavy atom. The molecule has 1 aromatic carbocycles. The largest absolute Gasteiger partial charge is 0.506 e. The second-order valence-corrected chi connectivity index (χ2v) is 4.83. The van der Waals surface area contributed by atoms with Gasteiger partial charge in [0.2, 0.25) is 0 Å². The van der Waals surface area contributed by atoms with E-state index in [1.54, 1.807) is 12.1 Å². The minimum absolute atomic E-state index is 0.0378. The predicted octanol–water partition coefficient (Wildman–Crippen LogP) is 3.40. The first-order chi connectivity index (χ1) is 9.47. The third kappa shape index (κ3) is 3.31. The molecule has 0 amide bonds. The van der Waals surface area contributed by atoms with Crippen LogP contribution in [0.5, 0.6) is 5.75 Å². The number of rotatable bonds is 4. The average Bonchev–Trinajstić information content (AvgIpc) is 2.41. The fourth-order valence-electron chi connectivity index (χ4n) is 1.58. The Balaban J connectivity index is 2.11. The summed E-state index contributed by atoms with van der Waals surface area (Å²) in [4.78, 5) is 14.4. The molecular weight excluding hydrogens is 303 g/mol. The molecule has 3 N–H and O–H groups in total. The number of nitrogens with zero attached hydrogens (tertiary/aromatic N) is 1. The van der Waals surface area contributed by atoms with Crippen LogP contribution in [0.1, 0.15) is 16.1 Å². The first kappa shape index (κ1) is 14.4. The standard InChI is InChI=1S/C13H10Cl2N2O3/c14-8-3-7(12(18)10(15)4-8)5-16-9-1-2-11(13(19)20)17-6-9/h1-4,6,16,18H,5H2,(H,19,20). The number of carbonyl (C=O) groups is 1. The molecule has 0 radical (unpaired) electrons. The van der Waals surface area contributed by atoms with Gasteiger partial charge in [0.15, 0.2) is 0 Å². The maximum Gasteiger partial charge on any atom is 0.354 e. The number of hydrogen-bond acceptors (Lipinski definition) is 4. The van der Waals surface area contributed by atoms with Crippen LogP contribution < -0.4 is 5.32 Å². The Kier molecular flexibility index (Phi) is 4.32. The molecule has 0 aliphatic carbocycles. The zero-order valence-electron chi connectivity index (χ0n) is 10.1. The van der Waals surface area contributed by atoms with Gasteiger partial charge in [-0.1, -0.05) is 23.2 Å². The number of carboxylic acids is 1. The number of halogens is 2. The van der Waals surface area contributed by atoms with Crippen molar-refractivity contribution in [1.82, 2.24) is 4.98 Å². The van der Waals surface area contributed by atoms with Crippen molar-refractivity contribution >= 4 is 34.9 Å². The summed E-state index contributed by atoms with van der Waals surface area (Å²) in [6.45, 7) is 0.278. The van der Waals surface area contributed by atoms with Crippen molar-refractivity contribution in [3.8, 4) is 5.75 Å². The number of phenolic OH excluding ortho intramolecular Hbond substituents is 1. The quantitative estimate of drug-likeness (QED) is 0.806. The molecule has 5 nitrogen and oxygen atoms in total. The third-order valence-corrected chi connectivity index (χ3v) is 3.08. The average molecular weight is 313 g/mol. The van der Waals surface area contributed by atoms with Gasteiger partial charge in [-0.3, -0.25) is 0 Å². The number of carboxylic acid groups (broad SMARTS) is 1. The molecule has 2 rings (SSSR count). The minimum atomic E-state index is -1.09. The number of anilines is 1. The summed E-state index contributed by atoms with van der Waals surface area (Å²) in [6.07, 6.45) is 1.40.